The summed E-state index contributed by atoms with van der Waals surface area (Å²) in [7, 11) is 0. The number of hydrogen-bond acceptors (Lipinski definition) is 4. The molecule has 1 unspecified atom stereocenters. The third-order valence-electron chi connectivity index (χ3n) is 2.16. The molecule has 16 heavy (non-hydrogen) atoms. The summed E-state index contributed by atoms with van der Waals surface area (Å²) >= 11 is 1.45. The molecule has 0 spiro atoms. The van der Waals surface area contributed by atoms with Crippen LogP contribution in [0.4, 0.5) is 0 Å². The van der Waals surface area contributed by atoms with Crippen LogP contribution in [0, 0.1) is 0 Å². The molecule has 4 nitrogen and oxygen atoms in total. The van der Waals surface area contributed by atoms with Gasteiger partial charge in [0, 0.05) is 5.38 Å². The van der Waals surface area contributed by atoms with E-state index in [2.05, 4.69) is 5.32 Å². The van der Waals surface area contributed by atoms with Crippen molar-refractivity contribution in [3.8, 4) is 0 Å². The first-order valence-corrected chi connectivity index (χ1v) is 5.73. The van der Waals surface area contributed by atoms with E-state index in [4.69, 9.17) is 4.42 Å². The molecule has 84 valence electrons. The van der Waals surface area contributed by atoms with E-state index < -0.39 is 6.04 Å². The fourth-order valence-corrected chi connectivity index (χ4v) is 1.97. The van der Waals surface area contributed by atoms with Gasteiger partial charge in [-0.05, 0) is 23.6 Å². The lowest BCUT2D eigenvalue weighted by atomic mass is 10.2. The van der Waals surface area contributed by atoms with Gasteiger partial charge < -0.3 is 14.8 Å². The average Bonchev–Trinajstić information content (AvgIpc) is 2.96. The second kappa shape index (κ2) is 4.96. The molecule has 0 saturated carbocycles. The molecule has 0 fully saturated rings. The maximum absolute atomic E-state index is 11.7. The number of carbonyl (C=O) groups excluding carboxylic acids is 1. The molecule has 0 aliphatic heterocycles. The SMILES string of the molecule is O=C(NC(CO)c1ccco1)c1ccsc1. The fraction of sp³-hybridized carbons (Fsp3) is 0.182. The van der Waals surface area contributed by atoms with Crippen molar-refractivity contribution in [3.05, 3.63) is 46.5 Å². The highest BCUT2D eigenvalue weighted by molar-refractivity contribution is 7.08. The molecular weight excluding hydrogens is 226 g/mol. The fourth-order valence-electron chi connectivity index (χ4n) is 1.33. The van der Waals surface area contributed by atoms with Crippen LogP contribution in [0.3, 0.4) is 0 Å². The predicted molar refractivity (Wildman–Crippen MR) is 60.3 cm³/mol. The van der Waals surface area contributed by atoms with Gasteiger partial charge in [-0.1, -0.05) is 0 Å². The Bertz CT molecular complexity index is 436. The minimum atomic E-state index is -0.498. The second-order valence-electron chi connectivity index (χ2n) is 3.24. The van der Waals surface area contributed by atoms with Crippen LogP contribution in [0.25, 0.3) is 0 Å². The van der Waals surface area contributed by atoms with Crippen LogP contribution in [-0.4, -0.2) is 17.6 Å². The van der Waals surface area contributed by atoms with Crippen LogP contribution in [0.15, 0.2) is 39.6 Å². The first kappa shape index (κ1) is 10.9. The zero-order valence-electron chi connectivity index (χ0n) is 8.42. The lowest BCUT2D eigenvalue weighted by Crippen LogP contribution is -2.30. The van der Waals surface area contributed by atoms with Crippen molar-refractivity contribution < 1.29 is 14.3 Å². The van der Waals surface area contributed by atoms with E-state index in [9.17, 15) is 9.90 Å². The van der Waals surface area contributed by atoms with Crippen molar-refractivity contribution in [2.75, 3.05) is 6.61 Å². The van der Waals surface area contributed by atoms with Crippen LogP contribution in [0.2, 0.25) is 0 Å². The molecular formula is C11H11NO3S. The second-order valence-corrected chi connectivity index (χ2v) is 4.02. The maximum atomic E-state index is 11.7. The quantitative estimate of drug-likeness (QED) is 0.852. The molecule has 0 aliphatic carbocycles. The van der Waals surface area contributed by atoms with Gasteiger partial charge in [0.2, 0.25) is 0 Å². The molecule has 0 aliphatic rings. The third-order valence-corrected chi connectivity index (χ3v) is 2.84. The Labute approximate surface area is 96.5 Å². The Morgan fingerprint density at radius 2 is 2.44 bits per heavy atom. The van der Waals surface area contributed by atoms with E-state index in [1.165, 1.54) is 17.6 Å². The smallest absolute Gasteiger partial charge is 0.252 e. The van der Waals surface area contributed by atoms with Crippen molar-refractivity contribution >= 4 is 17.2 Å². The Balaban J connectivity index is 2.05. The number of carbonyl (C=O) groups is 1. The highest BCUT2D eigenvalue weighted by Crippen LogP contribution is 2.14. The summed E-state index contributed by atoms with van der Waals surface area (Å²) in [6, 6.07) is 4.67. The monoisotopic (exact) mass is 237 g/mol. The van der Waals surface area contributed by atoms with Crippen molar-refractivity contribution in [2.45, 2.75) is 6.04 Å². The Kier molecular flexibility index (Phi) is 3.38. The zero-order chi connectivity index (χ0) is 11.4. The van der Waals surface area contributed by atoms with E-state index in [-0.39, 0.29) is 12.5 Å². The topological polar surface area (TPSA) is 62.5 Å². The largest absolute Gasteiger partial charge is 0.467 e. The van der Waals surface area contributed by atoms with Crippen LogP contribution >= 0.6 is 11.3 Å². The molecule has 0 aromatic carbocycles. The summed E-state index contributed by atoms with van der Waals surface area (Å²) in [4.78, 5) is 11.7. The summed E-state index contributed by atoms with van der Waals surface area (Å²) < 4.78 is 5.13. The van der Waals surface area contributed by atoms with Gasteiger partial charge in [0.25, 0.3) is 5.91 Å². The number of rotatable bonds is 4. The van der Waals surface area contributed by atoms with Gasteiger partial charge in [0.15, 0.2) is 0 Å². The van der Waals surface area contributed by atoms with E-state index in [1.54, 1.807) is 23.6 Å². The Hall–Kier alpha value is -1.59. The lowest BCUT2D eigenvalue weighted by Gasteiger charge is -2.12. The van der Waals surface area contributed by atoms with Crippen LogP contribution < -0.4 is 5.32 Å². The number of hydrogen-bond donors (Lipinski definition) is 2. The van der Waals surface area contributed by atoms with Gasteiger partial charge in [-0.15, -0.1) is 0 Å². The van der Waals surface area contributed by atoms with Gasteiger partial charge in [-0.3, -0.25) is 4.79 Å². The van der Waals surface area contributed by atoms with Crippen LogP contribution in [0.1, 0.15) is 22.2 Å². The van der Waals surface area contributed by atoms with Crippen molar-refractivity contribution in [3.63, 3.8) is 0 Å². The molecule has 0 bridgehead atoms. The van der Waals surface area contributed by atoms with Crippen LogP contribution in [-0.2, 0) is 0 Å². The van der Waals surface area contributed by atoms with E-state index in [0.717, 1.165) is 0 Å². The summed E-state index contributed by atoms with van der Waals surface area (Å²) in [5.74, 6) is 0.336. The molecule has 5 heteroatoms. The highest BCUT2D eigenvalue weighted by Gasteiger charge is 2.17. The van der Waals surface area contributed by atoms with Gasteiger partial charge in [0.05, 0.1) is 18.4 Å². The number of furan rings is 1. The number of amides is 1. The van der Waals surface area contributed by atoms with E-state index in [0.29, 0.717) is 11.3 Å². The number of aliphatic hydroxyl groups is 1. The Morgan fingerprint density at radius 3 is 3.00 bits per heavy atom. The molecule has 0 saturated heterocycles. The van der Waals surface area contributed by atoms with E-state index >= 15 is 0 Å². The van der Waals surface area contributed by atoms with Crippen molar-refractivity contribution in [2.24, 2.45) is 0 Å². The standard InChI is InChI=1S/C11H11NO3S/c13-6-9(10-2-1-4-15-10)12-11(14)8-3-5-16-7-8/h1-5,7,9,13H,6H2,(H,12,14). The first-order valence-electron chi connectivity index (χ1n) is 4.78. The summed E-state index contributed by atoms with van der Waals surface area (Å²) in [6.07, 6.45) is 1.51. The summed E-state index contributed by atoms with van der Waals surface area (Å²) in [6.45, 7) is -0.191. The molecule has 1 atom stereocenters. The average molecular weight is 237 g/mol. The highest BCUT2D eigenvalue weighted by atomic mass is 32.1. The maximum Gasteiger partial charge on any atom is 0.252 e. The van der Waals surface area contributed by atoms with Crippen molar-refractivity contribution in [1.29, 1.82) is 0 Å². The van der Waals surface area contributed by atoms with Crippen molar-refractivity contribution in [1.82, 2.24) is 5.32 Å². The summed E-state index contributed by atoms with van der Waals surface area (Å²) in [5, 5.41) is 15.5. The molecule has 1 amide bonds. The molecule has 2 heterocycles. The Morgan fingerprint density at radius 1 is 1.56 bits per heavy atom. The number of thiophene rings is 1. The van der Waals surface area contributed by atoms with Gasteiger partial charge in [-0.25, -0.2) is 0 Å². The van der Waals surface area contributed by atoms with Gasteiger partial charge >= 0.3 is 0 Å². The lowest BCUT2D eigenvalue weighted by molar-refractivity contribution is 0.0908. The summed E-state index contributed by atoms with van der Waals surface area (Å²) in [5.41, 5.74) is 0.593. The molecule has 2 aromatic heterocycles. The molecule has 2 aromatic rings. The number of nitrogens with one attached hydrogen (secondary N) is 1. The van der Waals surface area contributed by atoms with Crippen LogP contribution in [0.5, 0.6) is 0 Å². The number of aliphatic hydroxyl groups excluding tert-OH is 1. The van der Waals surface area contributed by atoms with Gasteiger partial charge in [-0.2, -0.15) is 11.3 Å². The predicted octanol–water partition coefficient (Wildman–Crippen LogP) is 1.80. The first-order chi connectivity index (χ1) is 7.81. The molecule has 2 rings (SSSR count). The molecule has 2 N–H and O–H groups in total. The molecule has 0 radical (unpaired) electrons. The third kappa shape index (κ3) is 2.32. The van der Waals surface area contributed by atoms with E-state index in [1.807, 2.05) is 5.38 Å². The van der Waals surface area contributed by atoms with Gasteiger partial charge in [0.1, 0.15) is 11.8 Å². The zero-order valence-corrected chi connectivity index (χ0v) is 9.24. The normalized spacial score (nSPS) is 12.3. The minimum Gasteiger partial charge on any atom is -0.467 e. The minimum absolute atomic E-state index is 0.191.